The minimum Gasteiger partial charge on any atom is -0.487 e. The third-order valence-electron chi connectivity index (χ3n) is 3.30. The number of benzene rings is 2. The summed E-state index contributed by atoms with van der Waals surface area (Å²) in [5.74, 6) is 0.571. The molecule has 0 aromatic heterocycles. The van der Waals surface area contributed by atoms with Crippen molar-refractivity contribution in [3.63, 3.8) is 0 Å². The predicted molar refractivity (Wildman–Crippen MR) is 84.2 cm³/mol. The molecule has 2 aromatic rings. The highest BCUT2D eigenvalue weighted by Crippen LogP contribution is 2.26. The van der Waals surface area contributed by atoms with Crippen LogP contribution in [0.4, 0.5) is 0 Å². The molecule has 0 bridgehead atoms. The molecule has 4 nitrogen and oxygen atoms in total. The zero-order chi connectivity index (χ0) is 15.4. The SMILES string of the molecule is Cc1ccc(COc2ccc(C(N)=NO)cc2Cl)cc1C. The van der Waals surface area contributed by atoms with Crippen LogP contribution in [0.2, 0.25) is 5.02 Å². The van der Waals surface area contributed by atoms with Gasteiger partial charge in [-0.15, -0.1) is 0 Å². The molecular formula is C16H17ClN2O2. The van der Waals surface area contributed by atoms with Gasteiger partial charge >= 0.3 is 0 Å². The summed E-state index contributed by atoms with van der Waals surface area (Å²) >= 11 is 6.14. The lowest BCUT2D eigenvalue weighted by Gasteiger charge is -2.10. The van der Waals surface area contributed by atoms with Gasteiger partial charge in [0.1, 0.15) is 12.4 Å². The van der Waals surface area contributed by atoms with Crippen molar-refractivity contribution in [1.29, 1.82) is 0 Å². The van der Waals surface area contributed by atoms with Gasteiger partial charge in [0.05, 0.1) is 5.02 Å². The Morgan fingerprint density at radius 2 is 1.95 bits per heavy atom. The molecule has 5 heteroatoms. The summed E-state index contributed by atoms with van der Waals surface area (Å²) in [6.07, 6.45) is 0. The second kappa shape index (κ2) is 6.50. The molecule has 0 unspecified atom stereocenters. The Morgan fingerprint density at radius 3 is 2.57 bits per heavy atom. The Hall–Kier alpha value is -2.20. The standard InChI is InChI=1S/C16H17ClN2O2/c1-10-3-4-12(7-11(10)2)9-21-15-6-5-13(8-14(15)17)16(18)19-20/h3-8,20H,9H2,1-2H3,(H2,18,19). The first-order chi connectivity index (χ1) is 10.0. The monoisotopic (exact) mass is 304 g/mol. The molecular weight excluding hydrogens is 288 g/mol. The van der Waals surface area contributed by atoms with Crippen LogP contribution in [0.25, 0.3) is 0 Å². The summed E-state index contributed by atoms with van der Waals surface area (Å²) < 4.78 is 5.71. The highest BCUT2D eigenvalue weighted by molar-refractivity contribution is 6.32. The van der Waals surface area contributed by atoms with Gasteiger partial charge in [0, 0.05) is 5.56 Å². The van der Waals surface area contributed by atoms with E-state index in [-0.39, 0.29) is 5.84 Å². The molecule has 0 aliphatic carbocycles. The molecule has 21 heavy (non-hydrogen) atoms. The summed E-state index contributed by atoms with van der Waals surface area (Å²) in [4.78, 5) is 0. The zero-order valence-electron chi connectivity index (χ0n) is 11.9. The number of ether oxygens (including phenoxy) is 1. The molecule has 3 N–H and O–H groups in total. The van der Waals surface area contributed by atoms with E-state index in [2.05, 4.69) is 31.1 Å². The van der Waals surface area contributed by atoms with Crippen LogP contribution in [0.15, 0.2) is 41.6 Å². The molecule has 0 saturated carbocycles. The number of aryl methyl sites for hydroxylation is 2. The maximum absolute atomic E-state index is 8.64. The molecule has 2 rings (SSSR count). The number of hydrogen-bond donors (Lipinski definition) is 2. The van der Waals surface area contributed by atoms with Gasteiger partial charge in [-0.1, -0.05) is 35.0 Å². The molecule has 0 aliphatic heterocycles. The molecule has 0 radical (unpaired) electrons. The quantitative estimate of drug-likeness (QED) is 0.392. The number of halogens is 1. The Kier molecular flexibility index (Phi) is 4.70. The molecule has 0 spiro atoms. The van der Waals surface area contributed by atoms with Gasteiger partial charge < -0.3 is 15.7 Å². The van der Waals surface area contributed by atoms with Crippen LogP contribution in [-0.2, 0) is 6.61 Å². The van der Waals surface area contributed by atoms with Gasteiger partial charge in [0.25, 0.3) is 0 Å². The van der Waals surface area contributed by atoms with E-state index in [0.29, 0.717) is 22.9 Å². The fourth-order valence-electron chi connectivity index (χ4n) is 1.89. The van der Waals surface area contributed by atoms with Gasteiger partial charge in [-0.05, 0) is 48.7 Å². The summed E-state index contributed by atoms with van der Waals surface area (Å²) in [7, 11) is 0. The van der Waals surface area contributed by atoms with E-state index in [0.717, 1.165) is 5.56 Å². The second-order valence-corrected chi connectivity index (χ2v) is 5.24. The minimum absolute atomic E-state index is 0.0117. The summed E-state index contributed by atoms with van der Waals surface area (Å²) in [6.45, 7) is 4.57. The third kappa shape index (κ3) is 3.67. The highest BCUT2D eigenvalue weighted by Gasteiger charge is 2.06. The average Bonchev–Trinajstić information content (AvgIpc) is 2.48. The lowest BCUT2D eigenvalue weighted by atomic mass is 10.1. The molecule has 0 heterocycles. The fraction of sp³-hybridized carbons (Fsp3) is 0.188. The summed E-state index contributed by atoms with van der Waals surface area (Å²) in [6, 6.07) is 11.2. The topological polar surface area (TPSA) is 67.8 Å². The molecule has 0 fully saturated rings. The van der Waals surface area contributed by atoms with Crippen molar-refractivity contribution in [3.05, 3.63) is 63.7 Å². The van der Waals surface area contributed by atoms with Gasteiger partial charge in [-0.2, -0.15) is 0 Å². The summed E-state index contributed by atoms with van der Waals surface area (Å²) in [5, 5.41) is 12.0. The molecule has 0 saturated heterocycles. The van der Waals surface area contributed by atoms with Gasteiger partial charge in [0.2, 0.25) is 0 Å². The number of hydrogen-bond acceptors (Lipinski definition) is 3. The van der Waals surface area contributed by atoms with Crippen LogP contribution in [0.5, 0.6) is 5.75 Å². The highest BCUT2D eigenvalue weighted by atomic mass is 35.5. The predicted octanol–water partition coefficient (Wildman–Crippen LogP) is 3.63. The average molecular weight is 305 g/mol. The molecule has 0 aliphatic rings. The number of nitrogens with zero attached hydrogens (tertiary/aromatic N) is 1. The first-order valence-corrected chi connectivity index (χ1v) is 6.85. The van der Waals surface area contributed by atoms with E-state index in [1.807, 2.05) is 6.07 Å². The van der Waals surface area contributed by atoms with E-state index in [9.17, 15) is 0 Å². The van der Waals surface area contributed by atoms with Crippen LogP contribution in [-0.4, -0.2) is 11.0 Å². The van der Waals surface area contributed by atoms with Crippen LogP contribution >= 0.6 is 11.6 Å². The second-order valence-electron chi connectivity index (χ2n) is 4.84. The van der Waals surface area contributed by atoms with Crippen molar-refractivity contribution in [2.75, 3.05) is 0 Å². The van der Waals surface area contributed by atoms with Crippen LogP contribution < -0.4 is 10.5 Å². The smallest absolute Gasteiger partial charge is 0.170 e. The Balaban J connectivity index is 2.11. The Bertz CT molecular complexity index is 684. The largest absolute Gasteiger partial charge is 0.487 e. The Labute approximate surface area is 128 Å². The zero-order valence-corrected chi connectivity index (χ0v) is 12.7. The van der Waals surface area contributed by atoms with Gasteiger partial charge in [-0.25, -0.2) is 0 Å². The third-order valence-corrected chi connectivity index (χ3v) is 3.60. The summed E-state index contributed by atoms with van der Waals surface area (Å²) in [5.41, 5.74) is 9.61. The number of rotatable bonds is 4. The molecule has 110 valence electrons. The van der Waals surface area contributed by atoms with Crippen LogP contribution in [0, 0.1) is 13.8 Å². The van der Waals surface area contributed by atoms with Crippen molar-refractivity contribution in [2.45, 2.75) is 20.5 Å². The fourth-order valence-corrected chi connectivity index (χ4v) is 2.12. The lowest BCUT2D eigenvalue weighted by molar-refractivity contribution is 0.306. The minimum atomic E-state index is 0.0117. The van der Waals surface area contributed by atoms with Crippen LogP contribution in [0.1, 0.15) is 22.3 Å². The normalized spacial score (nSPS) is 11.5. The van der Waals surface area contributed by atoms with Crippen LogP contribution in [0.3, 0.4) is 0 Å². The van der Waals surface area contributed by atoms with Gasteiger partial charge in [0.15, 0.2) is 5.84 Å². The first kappa shape index (κ1) is 15.2. The molecule has 0 atom stereocenters. The van der Waals surface area contributed by atoms with Crippen molar-refractivity contribution in [2.24, 2.45) is 10.9 Å². The maximum Gasteiger partial charge on any atom is 0.170 e. The van der Waals surface area contributed by atoms with Gasteiger partial charge in [-0.3, -0.25) is 0 Å². The number of oxime groups is 1. The van der Waals surface area contributed by atoms with E-state index < -0.39 is 0 Å². The lowest BCUT2D eigenvalue weighted by Crippen LogP contribution is -2.12. The maximum atomic E-state index is 8.64. The van der Waals surface area contributed by atoms with E-state index >= 15 is 0 Å². The van der Waals surface area contributed by atoms with Crippen molar-refractivity contribution < 1.29 is 9.94 Å². The van der Waals surface area contributed by atoms with E-state index in [4.69, 9.17) is 27.3 Å². The number of amidine groups is 1. The van der Waals surface area contributed by atoms with E-state index in [1.165, 1.54) is 11.1 Å². The Morgan fingerprint density at radius 1 is 1.19 bits per heavy atom. The van der Waals surface area contributed by atoms with Crippen molar-refractivity contribution in [1.82, 2.24) is 0 Å². The van der Waals surface area contributed by atoms with Crippen molar-refractivity contribution >= 4 is 17.4 Å². The van der Waals surface area contributed by atoms with Crippen molar-refractivity contribution in [3.8, 4) is 5.75 Å². The number of nitrogens with two attached hydrogens (primary N) is 1. The molecule has 0 amide bonds. The molecule has 2 aromatic carbocycles. The van der Waals surface area contributed by atoms with E-state index in [1.54, 1.807) is 18.2 Å². The first-order valence-electron chi connectivity index (χ1n) is 6.47.